The summed E-state index contributed by atoms with van der Waals surface area (Å²) in [5.41, 5.74) is 7.12. The second-order valence-corrected chi connectivity index (χ2v) is 5.04. The highest BCUT2D eigenvalue weighted by Gasteiger charge is 2.30. The van der Waals surface area contributed by atoms with Gasteiger partial charge < -0.3 is 10.2 Å². The molecule has 1 fully saturated rings. The second-order valence-electron chi connectivity index (χ2n) is 5.04. The van der Waals surface area contributed by atoms with Gasteiger partial charge in [-0.25, -0.2) is 0 Å². The van der Waals surface area contributed by atoms with Crippen molar-refractivity contribution in [3.05, 3.63) is 24.2 Å². The van der Waals surface area contributed by atoms with Crippen LogP contribution < -0.4 is 5.73 Å². The van der Waals surface area contributed by atoms with Gasteiger partial charge in [-0.3, -0.25) is 4.90 Å². The largest absolute Gasteiger partial charge is 0.472 e. The maximum absolute atomic E-state index is 5.92. The Labute approximate surface area is 97.6 Å². The zero-order chi connectivity index (χ0) is 11.5. The molecule has 16 heavy (non-hydrogen) atoms. The van der Waals surface area contributed by atoms with E-state index in [-0.39, 0.29) is 0 Å². The number of rotatable bonds is 6. The summed E-state index contributed by atoms with van der Waals surface area (Å²) in [7, 11) is 0. The van der Waals surface area contributed by atoms with Crippen molar-refractivity contribution < 1.29 is 4.42 Å². The van der Waals surface area contributed by atoms with Gasteiger partial charge in [0.25, 0.3) is 0 Å². The summed E-state index contributed by atoms with van der Waals surface area (Å²) in [5.74, 6) is 0.892. The van der Waals surface area contributed by atoms with Crippen molar-refractivity contribution in [1.82, 2.24) is 4.90 Å². The van der Waals surface area contributed by atoms with Crippen molar-refractivity contribution >= 4 is 0 Å². The van der Waals surface area contributed by atoms with E-state index in [1.54, 1.807) is 6.26 Å². The third-order valence-corrected chi connectivity index (χ3v) is 3.38. The van der Waals surface area contributed by atoms with Gasteiger partial charge in [0.15, 0.2) is 0 Å². The summed E-state index contributed by atoms with van der Waals surface area (Å²) in [4.78, 5) is 2.50. The Kier molecular flexibility index (Phi) is 3.66. The number of nitrogens with two attached hydrogens (primary N) is 1. The van der Waals surface area contributed by atoms with Crippen LogP contribution in [-0.2, 0) is 0 Å². The molecule has 1 aromatic rings. The van der Waals surface area contributed by atoms with Gasteiger partial charge in [0.2, 0.25) is 0 Å². The Bertz CT molecular complexity index is 304. The highest BCUT2D eigenvalue weighted by molar-refractivity contribution is 5.13. The van der Waals surface area contributed by atoms with Crippen LogP contribution in [0.1, 0.15) is 38.3 Å². The van der Waals surface area contributed by atoms with Crippen molar-refractivity contribution in [2.24, 2.45) is 11.7 Å². The van der Waals surface area contributed by atoms with Crippen LogP contribution in [-0.4, -0.2) is 24.0 Å². The molecule has 0 aliphatic heterocycles. The first kappa shape index (κ1) is 11.7. The van der Waals surface area contributed by atoms with Crippen LogP contribution in [0.3, 0.4) is 0 Å². The van der Waals surface area contributed by atoms with E-state index in [1.807, 2.05) is 12.3 Å². The third-order valence-electron chi connectivity index (χ3n) is 3.38. The van der Waals surface area contributed by atoms with Crippen molar-refractivity contribution in [3.8, 4) is 0 Å². The van der Waals surface area contributed by atoms with Crippen LogP contribution in [0.2, 0.25) is 0 Å². The van der Waals surface area contributed by atoms with E-state index in [1.165, 1.54) is 24.9 Å². The number of hydrogen-bond acceptors (Lipinski definition) is 3. The molecule has 1 heterocycles. The van der Waals surface area contributed by atoms with Crippen LogP contribution in [0.4, 0.5) is 0 Å². The van der Waals surface area contributed by atoms with Crippen molar-refractivity contribution in [2.75, 3.05) is 13.1 Å². The molecule has 1 aromatic heterocycles. The zero-order valence-electron chi connectivity index (χ0n) is 10.2. The van der Waals surface area contributed by atoms with E-state index in [0.29, 0.717) is 18.6 Å². The van der Waals surface area contributed by atoms with E-state index in [2.05, 4.69) is 18.7 Å². The molecule has 0 spiro atoms. The smallest absolute Gasteiger partial charge is 0.0950 e. The Morgan fingerprint density at radius 2 is 2.25 bits per heavy atom. The topological polar surface area (TPSA) is 42.4 Å². The molecule has 3 heteroatoms. The maximum atomic E-state index is 5.92. The average molecular weight is 222 g/mol. The lowest BCUT2D eigenvalue weighted by Gasteiger charge is -2.33. The van der Waals surface area contributed by atoms with Crippen molar-refractivity contribution in [1.29, 1.82) is 0 Å². The summed E-state index contributed by atoms with van der Waals surface area (Å²) >= 11 is 0. The van der Waals surface area contributed by atoms with Gasteiger partial charge in [-0.15, -0.1) is 0 Å². The zero-order valence-corrected chi connectivity index (χ0v) is 10.2. The molecule has 90 valence electrons. The normalized spacial score (nSPS) is 18.3. The van der Waals surface area contributed by atoms with Crippen LogP contribution in [0.15, 0.2) is 23.0 Å². The molecule has 1 aliphatic carbocycles. The fourth-order valence-electron chi connectivity index (χ4n) is 2.22. The molecule has 1 aliphatic rings. The lowest BCUT2D eigenvalue weighted by Crippen LogP contribution is -2.39. The number of nitrogens with zero attached hydrogens (tertiary/aromatic N) is 1. The summed E-state index contributed by atoms with van der Waals surface area (Å²) in [5, 5.41) is 0. The Balaban J connectivity index is 2.08. The second kappa shape index (κ2) is 5.02. The van der Waals surface area contributed by atoms with E-state index in [4.69, 9.17) is 10.2 Å². The van der Waals surface area contributed by atoms with Gasteiger partial charge >= 0.3 is 0 Å². The first-order valence-corrected chi connectivity index (χ1v) is 6.20. The quantitative estimate of drug-likeness (QED) is 0.803. The molecule has 1 saturated carbocycles. The minimum absolute atomic E-state index is 0.305. The summed E-state index contributed by atoms with van der Waals surface area (Å²) in [6.45, 7) is 6.31. The van der Waals surface area contributed by atoms with Crippen LogP contribution in [0, 0.1) is 5.92 Å². The van der Waals surface area contributed by atoms with Gasteiger partial charge in [-0.2, -0.15) is 0 Å². The molecule has 2 N–H and O–H groups in total. The van der Waals surface area contributed by atoms with Crippen LogP contribution >= 0.6 is 0 Å². The molecule has 0 aromatic carbocycles. The Morgan fingerprint density at radius 1 is 1.50 bits per heavy atom. The Hall–Kier alpha value is -0.800. The van der Waals surface area contributed by atoms with E-state index in [9.17, 15) is 0 Å². The summed E-state index contributed by atoms with van der Waals surface area (Å²) < 4.78 is 5.17. The number of furan rings is 1. The predicted octanol–water partition coefficient (Wildman–Crippen LogP) is 2.40. The highest BCUT2D eigenvalue weighted by Crippen LogP contribution is 2.33. The summed E-state index contributed by atoms with van der Waals surface area (Å²) in [6.07, 6.45) is 6.31. The van der Waals surface area contributed by atoms with Gasteiger partial charge in [0.05, 0.1) is 18.6 Å². The standard InChI is InChI=1S/C13H22N2O/c1-10(2)15(8-11-3-4-11)13(7-14)12-5-6-16-9-12/h5-6,9-11,13H,3-4,7-8,14H2,1-2H3. The first-order chi connectivity index (χ1) is 7.72. The summed E-state index contributed by atoms with van der Waals surface area (Å²) in [6, 6.07) is 2.86. The average Bonchev–Trinajstić information content (AvgIpc) is 2.91. The SMILES string of the molecule is CC(C)N(CC1CC1)C(CN)c1ccoc1. The van der Waals surface area contributed by atoms with E-state index < -0.39 is 0 Å². The molecule has 3 nitrogen and oxygen atoms in total. The molecule has 0 amide bonds. The fraction of sp³-hybridized carbons (Fsp3) is 0.692. The highest BCUT2D eigenvalue weighted by atomic mass is 16.3. The van der Waals surface area contributed by atoms with E-state index in [0.717, 1.165) is 5.92 Å². The molecule has 0 radical (unpaired) electrons. The molecule has 0 saturated heterocycles. The molecule has 2 rings (SSSR count). The molecular formula is C13H22N2O. The third kappa shape index (κ3) is 2.66. The van der Waals surface area contributed by atoms with E-state index >= 15 is 0 Å². The van der Waals surface area contributed by atoms with Crippen molar-refractivity contribution in [3.63, 3.8) is 0 Å². The lowest BCUT2D eigenvalue weighted by molar-refractivity contribution is 0.149. The van der Waals surface area contributed by atoms with Gasteiger partial charge in [0, 0.05) is 24.7 Å². The Morgan fingerprint density at radius 3 is 2.69 bits per heavy atom. The maximum Gasteiger partial charge on any atom is 0.0950 e. The van der Waals surface area contributed by atoms with Gasteiger partial charge in [-0.1, -0.05) is 0 Å². The monoisotopic (exact) mass is 222 g/mol. The van der Waals surface area contributed by atoms with Crippen LogP contribution in [0.25, 0.3) is 0 Å². The number of hydrogen-bond donors (Lipinski definition) is 1. The molecule has 1 atom stereocenters. The lowest BCUT2D eigenvalue weighted by atomic mass is 10.1. The molecule has 0 bridgehead atoms. The van der Waals surface area contributed by atoms with Gasteiger partial charge in [-0.05, 0) is 38.7 Å². The fourth-order valence-corrected chi connectivity index (χ4v) is 2.22. The minimum atomic E-state index is 0.305. The first-order valence-electron chi connectivity index (χ1n) is 6.20. The van der Waals surface area contributed by atoms with Crippen LogP contribution in [0.5, 0.6) is 0 Å². The van der Waals surface area contributed by atoms with Crippen molar-refractivity contribution in [2.45, 2.75) is 38.8 Å². The van der Waals surface area contributed by atoms with Gasteiger partial charge in [0.1, 0.15) is 0 Å². The molecular weight excluding hydrogens is 200 g/mol. The predicted molar refractivity (Wildman–Crippen MR) is 65.1 cm³/mol. The molecule has 1 unspecified atom stereocenters. The minimum Gasteiger partial charge on any atom is -0.472 e.